The molecule has 0 aromatic heterocycles. The summed E-state index contributed by atoms with van der Waals surface area (Å²) in [5.74, 6) is -1.11. The van der Waals surface area contributed by atoms with E-state index in [1.165, 1.54) is 12.1 Å². The fourth-order valence-corrected chi connectivity index (χ4v) is 2.15. The second-order valence-electron chi connectivity index (χ2n) is 5.99. The highest BCUT2D eigenvalue weighted by Crippen LogP contribution is 2.29. The van der Waals surface area contributed by atoms with Crippen molar-refractivity contribution >= 4 is 17.3 Å². The number of benzene rings is 2. The number of anilines is 2. The fourth-order valence-electron chi connectivity index (χ4n) is 2.15. The first kappa shape index (κ1) is 15.0. The van der Waals surface area contributed by atoms with Crippen LogP contribution in [0.3, 0.4) is 0 Å². The highest BCUT2D eigenvalue weighted by molar-refractivity contribution is 6.05. The molecule has 2 aromatic rings. The molecule has 4 heteroatoms. The van der Waals surface area contributed by atoms with Crippen molar-refractivity contribution in [3.63, 3.8) is 0 Å². The molecule has 0 heterocycles. The van der Waals surface area contributed by atoms with Crippen LogP contribution < -0.4 is 11.1 Å². The Labute approximate surface area is 124 Å². The van der Waals surface area contributed by atoms with Crippen LogP contribution in [0, 0.1) is 5.82 Å². The van der Waals surface area contributed by atoms with Gasteiger partial charge in [-0.2, -0.15) is 0 Å². The van der Waals surface area contributed by atoms with Crippen molar-refractivity contribution in [3.8, 4) is 0 Å². The van der Waals surface area contributed by atoms with Crippen molar-refractivity contribution in [1.82, 2.24) is 0 Å². The predicted octanol–water partition coefficient (Wildman–Crippen LogP) is 3.96. The van der Waals surface area contributed by atoms with Crippen LogP contribution in [0.4, 0.5) is 15.8 Å². The molecule has 0 saturated carbocycles. The Kier molecular flexibility index (Phi) is 3.98. The fraction of sp³-hybridized carbons (Fsp3) is 0.235. The van der Waals surface area contributed by atoms with Crippen molar-refractivity contribution in [1.29, 1.82) is 0 Å². The van der Waals surface area contributed by atoms with Gasteiger partial charge >= 0.3 is 0 Å². The first-order valence-corrected chi connectivity index (χ1v) is 6.75. The zero-order valence-electron chi connectivity index (χ0n) is 12.4. The van der Waals surface area contributed by atoms with Crippen LogP contribution >= 0.6 is 0 Å². The van der Waals surface area contributed by atoms with E-state index in [1.807, 2.05) is 24.3 Å². The molecule has 21 heavy (non-hydrogen) atoms. The van der Waals surface area contributed by atoms with Crippen molar-refractivity contribution in [2.75, 3.05) is 11.1 Å². The molecule has 1 amide bonds. The van der Waals surface area contributed by atoms with E-state index in [0.29, 0.717) is 11.4 Å². The van der Waals surface area contributed by atoms with Crippen LogP contribution in [0.2, 0.25) is 0 Å². The van der Waals surface area contributed by atoms with Gasteiger partial charge in [0.1, 0.15) is 5.82 Å². The maximum Gasteiger partial charge on any atom is 0.258 e. The summed E-state index contributed by atoms with van der Waals surface area (Å²) in [6.45, 7) is 6.17. The number of hydrogen-bond acceptors (Lipinski definition) is 2. The lowest BCUT2D eigenvalue weighted by molar-refractivity contribution is 0.102. The topological polar surface area (TPSA) is 55.1 Å². The highest BCUT2D eigenvalue weighted by Gasteiger charge is 2.20. The van der Waals surface area contributed by atoms with E-state index in [1.54, 1.807) is 0 Å². The number of nitrogens with two attached hydrogens (primary N) is 1. The molecule has 3 nitrogen and oxygen atoms in total. The average molecular weight is 286 g/mol. The quantitative estimate of drug-likeness (QED) is 0.821. The summed E-state index contributed by atoms with van der Waals surface area (Å²) in [7, 11) is 0. The smallest absolute Gasteiger partial charge is 0.258 e. The van der Waals surface area contributed by atoms with Crippen LogP contribution in [-0.2, 0) is 5.41 Å². The van der Waals surface area contributed by atoms with Crippen LogP contribution in [0.5, 0.6) is 0 Å². The summed E-state index contributed by atoms with van der Waals surface area (Å²) in [6, 6.07) is 11.6. The van der Waals surface area contributed by atoms with Crippen molar-refractivity contribution in [2.45, 2.75) is 26.2 Å². The van der Waals surface area contributed by atoms with Gasteiger partial charge in [0.05, 0.1) is 5.56 Å². The van der Waals surface area contributed by atoms with E-state index in [4.69, 9.17) is 5.73 Å². The van der Waals surface area contributed by atoms with Crippen LogP contribution in [-0.4, -0.2) is 5.91 Å². The zero-order valence-corrected chi connectivity index (χ0v) is 12.4. The van der Waals surface area contributed by atoms with E-state index in [9.17, 15) is 9.18 Å². The summed E-state index contributed by atoms with van der Waals surface area (Å²) in [4.78, 5) is 12.2. The number of rotatable bonds is 2. The average Bonchev–Trinajstić information content (AvgIpc) is 2.37. The molecule has 2 rings (SSSR count). The minimum absolute atomic E-state index is 0.0205. The van der Waals surface area contributed by atoms with Crippen LogP contribution in [0.25, 0.3) is 0 Å². The van der Waals surface area contributed by atoms with Crippen molar-refractivity contribution < 1.29 is 9.18 Å². The summed E-state index contributed by atoms with van der Waals surface area (Å²) < 4.78 is 13.8. The first-order valence-electron chi connectivity index (χ1n) is 6.75. The van der Waals surface area contributed by atoms with Crippen LogP contribution in [0.1, 0.15) is 36.7 Å². The molecule has 0 spiro atoms. The second-order valence-corrected chi connectivity index (χ2v) is 5.99. The van der Waals surface area contributed by atoms with E-state index in [0.717, 1.165) is 11.6 Å². The Morgan fingerprint density at radius 1 is 1.14 bits per heavy atom. The lowest BCUT2D eigenvalue weighted by Crippen LogP contribution is -2.19. The Bertz CT molecular complexity index is 675. The van der Waals surface area contributed by atoms with Gasteiger partial charge in [-0.05, 0) is 35.2 Å². The van der Waals surface area contributed by atoms with Gasteiger partial charge in [-0.25, -0.2) is 4.39 Å². The summed E-state index contributed by atoms with van der Waals surface area (Å²) in [5, 5.41) is 2.77. The van der Waals surface area contributed by atoms with E-state index < -0.39 is 11.7 Å². The third-order valence-corrected chi connectivity index (χ3v) is 3.22. The number of nitrogens with one attached hydrogen (secondary N) is 1. The number of halogens is 1. The third-order valence-electron chi connectivity index (χ3n) is 3.22. The molecule has 0 atom stereocenters. The van der Waals surface area contributed by atoms with Gasteiger partial charge in [-0.1, -0.05) is 39.0 Å². The molecule has 0 radical (unpaired) electrons. The minimum atomic E-state index is -0.624. The SMILES string of the molecule is CC(C)(C)c1ccccc1NC(=O)c1ccc(N)cc1F. The summed E-state index contributed by atoms with van der Waals surface area (Å²) in [5.41, 5.74) is 7.32. The van der Waals surface area contributed by atoms with Gasteiger partial charge in [-0.3, -0.25) is 4.79 Å². The molecular weight excluding hydrogens is 267 g/mol. The molecule has 0 unspecified atom stereocenters. The van der Waals surface area contributed by atoms with Gasteiger partial charge in [-0.15, -0.1) is 0 Å². The number of para-hydroxylation sites is 1. The number of hydrogen-bond donors (Lipinski definition) is 2. The Morgan fingerprint density at radius 2 is 1.81 bits per heavy atom. The maximum absolute atomic E-state index is 13.8. The number of carbonyl (C=O) groups excluding carboxylic acids is 1. The number of nitrogen functional groups attached to an aromatic ring is 1. The first-order chi connectivity index (χ1) is 9.79. The molecule has 0 aliphatic carbocycles. The van der Waals surface area contributed by atoms with Gasteiger partial charge in [0, 0.05) is 11.4 Å². The monoisotopic (exact) mass is 286 g/mol. The molecule has 0 saturated heterocycles. The Hall–Kier alpha value is -2.36. The standard InChI is InChI=1S/C17H19FN2O/c1-17(2,3)13-6-4-5-7-15(13)20-16(21)12-9-8-11(19)10-14(12)18/h4-10H,19H2,1-3H3,(H,20,21). The van der Waals surface area contributed by atoms with Gasteiger partial charge in [0.15, 0.2) is 0 Å². The van der Waals surface area contributed by atoms with E-state index in [2.05, 4.69) is 26.1 Å². The number of carbonyl (C=O) groups is 1. The normalized spacial score (nSPS) is 11.2. The third kappa shape index (κ3) is 3.40. The van der Waals surface area contributed by atoms with Crippen molar-refractivity contribution in [2.24, 2.45) is 0 Å². The second kappa shape index (κ2) is 5.56. The summed E-state index contributed by atoms with van der Waals surface area (Å²) in [6.07, 6.45) is 0. The Morgan fingerprint density at radius 3 is 2.43 bits per heavy atom. The molecule has 0 aliphatic rings. The highest BCUT2D eigenvalue weighted by atomic mass is 19.1. The largest absolute Gasteiger partial charge is 0.399 e. The zero-order chi connectivity index (χ0) is 15.6. The maximum atomic E-state index is 13.8. The summed E-state index contributed by atoms with van der Waals surface area (Å²) >= 11 is 0. The van der Waals surface area contributed by atoms with Gasteiger partial charge in [0.25, 0.3) is 5.91 Å². The number of amides is 1. The van der Waals surface area contributed by atoms with Crippen molar-refractivity contribution in [3.05, 3.63) is 59.4 Å². The van der Waals surface area contributed by atoms with Gasteiger partial charge in [0.2, 0.25) is 0 Å². The molecule has 0 bridgehead atoms. The van der Waals surface area contributed by atoms with E-state index >= 15 is 0 Å². The van der Waals surface area contributed by atoms with Gasteiger partial charge < -0.3 is 11.1 Å². The Balaban J connectivity index is 2.32. The lowest BCUT2D eigenvalue weighted by Gasteiger charge is -2.23. The minimum Gasteiger partial charge on any atom is -0.399 e. The van der Waals surface area contributed by atoms with E-state index in [-0.39, 0.29) is 11.0 Å². The molecule has 0 aliphatic heterocycles. The molecular formula is C17H19FN2O. The molecule has 110 valence electrons. The lowest BCUT2D eigenvalue weighted by atomic mass is 9.86. The molecule has 2 aromatic carbocycles. The molecule has 3 N–H and O–H groups in total. The molecule has 0 fully saturated rings. The van der Waals surface area contributed by atoms with Crippen LogP contribution in [0.15, 0.2) is 42.5 Å². The predicted molar refractivity (Wildman–Crippen MR) is 83.9 cm³/mol.